The van der Waals surface area contributed by atoms with Gasteiger partial charge in [0.2, 0.25) is 5.91 Å². The van der Waals surface area contributed by atoms with Crippen LogP contribution in [-0.2, 0) is 11.2 Å². The van der Waals surface area contributed by atoms with E-state index < -0.39 is 4.92 Å². The van der Waals surface area contributed by atoms with Crippen LogP contribution in [0.2, 0.25) is 0 Å². The minimum absolute atomic E-state index is 0.00663. The minimum atomic E-state index is -0.471. The molecule has 0 bridgehead atoms. The van der Waals surface area contributed by atoms with Gasteiger partial charge in [0.05, 0.1) is 22.2 Å². The lowest BCUT2D eigenvalue weighted by molar-refractivity contribution is -0.384. The van der Waals surface area contributed by atoms with Gasteiger partial charge in [0.15, 0.2) is 0 Å². The number of non-ortho nitro benzene ring substituents is 1. The number of hydrazone groups is 1. The lowest BCUT2D eigenvalue weighted by Crippen LogP contribution is -2.18. The van der Waals surface area contributed by atoms with Crippen LogP contribution in [0.1, 0.15) is 30.9 Å². The van der Waals surface area contributed by atoms with Gasteiger partial charge in [0.1, 0.15) is 5.75 Å². The monoisotopic (exact) mass is 433 g/mol. The Labute approximate surface area is 165 Å². The van der Waals surface area contributed by atoms with Crippen LogP contribution < -0.4 is 10.2 Å². The predicted molar refractivity (Wildman–Crippen MR) is 107 cm³/mol. The summed E-state index contributed by atoms with van der Waals surface area (Å²) in [7, 11) is 0. The van der Waals surface area contributed by atoms with E-state index in [2.05, 4.69) is 33.4 Å². The van der Waals surface area contributed by atoms with Gasteiger partial charge in [-0.15, -0.1) is 0 Å². The van der Waals surface area contributed by atoms with Crippen LogP contribution in [0.15, 0.2) is 52.0 Å². The van der Waals surface area contributed by atoms with E-state index in [1.165, 1.54) is 23.9 Å². The molecule has 0 aliphatic rings. The summed E-state index contributed by atoms with van der Waals surface area (Å²) in [5.74, 6) is 0.529. The number of nitro benzene ring substituents is 1. The van der Waals surface area contributed by atoms with E-state index in [9.17, 15) is 14.9 Å². The summed E-state index contributed by atoms with van der Waals surface area (Å²) in [6, 6.07) is 11.8. The highest BCUT2D eigenvalue weighted by molar-refractivity contribution is 9.10. The van der Waals surface area contributed by atoms with Crippen molar-refractivity contribution in [2.75, 3.05) is 6.61 Å². The van der Waals surface area contributed by atoms with Gasteiger partial charge in [-0.3, -0.25) is 14.9 Å². The number of amides is 1. The zero-order chi connectivity index (χ0) is 19.6. The second-order valence-corrected chi connectivity index (χ2v) is 6.57. The van der Waals surface area contributed by atoms with E-state index >= 15 is 0 Å². The molecular formula is C19H20BrN3O4. The second kappa shape index (κ2) is 10.4. The molecule has 8 heteroatoms. The largest absolute Gasteiger partial charge is 0.492 e. The van der Waals surface area contributed by atoms with E-state index in [0.29, 0.717) is 18.6 Å². The number of carbonyl (C=O) groups is 1. The third kappa shape index (κ3) is 6.82. The summed E-state index contributed by atoms with van der Waals surface area (Å²) in [6.07, 6.45) is 3.23. The quantitative estimate of drug-likeness (QED) is 0.277. The van der Waals surface area contributed by atoms with Crippen molar-refractivity contribution in [3.05, 3.63) is 68.2 Å². The first-order chi connectivity index (χ1) is 13.0. The minimum Gasteiger partial charge on any atom is -0.492 e. The van der Waals surface area contributed by atoms with Gasteiger partial charge >= 0.3 is 0 Å². The SMILES string of the molecule is CCc1ccc(OCCCC(=O)N/N=C/c2ccc([N+](=O)[O-])cc2)c(Br)c1. The zero-order valence-electron chi connectivity index (χ0n) is 14.9. The number of ether oxygens (including phenoxy) is 1. The maximum atomic E-state index is 11.8. The fourth-order valence-electron chi connectivity index (χ4n) is 2.21. The number of carbonyl (C=O) groups excluding carboxylic acids is 1. The topological polar surface area (TPSA) is 93.8 Å². The number of benzene rings is 2. The second-order valence-electron chi connectivity index (χ2n) is 5.71. The Balaban J connectivity index is 1.69. The van der Waals surface area contributed by atoms with Gasteiger partial charge in [-0.2, -0.15) is 5.10 Å². The van der Waals surface area contributed by atoms with Gasteiger partial charge in [-0.1, -0.05) is 13.0 Å². The molecule has 0 atom stereocenters. The molecule has 2 aromatic carbocycles. The van der Waals surface area contributed by atoms with Crippen molar-refractivity contribution in [1.82, 2.24) is 5.43 Å². The number of nitrogens with zero attached hydrogens (tertiary/aromatic N) is 2. The van der Waals surface area contributed by atoms with Crippen molar-refractivity contribution in [2.24, 2.45) is 5.10 Å². The molecule has 27 heavy (non-hydrogen) atoms. The van der Waals surface area contributed by atoms with Crippen LogP contribution >= 0.6 is 15.9 Å². The molecule has 2 rings (SSSR count). The normalized spacial score (nSPS) is 10.7. The molecule has 0 fully saturated rings. The van der Waals surface area contributed by atoms with Crippen LogP contribution in [0.3, 0.4) is 0 Å². The molecule has 0 saturated carbocycles. The van der Waals surface area contributed by atoms with E-state index in [1.54, 1.807) is 12.1 Å². The number of aryl methyl sites for hydroxylation is 1. The number of nitrogens with one attached hydrogen (secondary N) is 1. The molecule has 0 radical (unpaired) electrons. The van der Waals surface area contributed by atoms with Crippen LogP contribution in [0.25, 0.3) is 0 Å². The van der Waals surface area contributed by atoms with E-state index in [-0.39, 0.29) is 18.0 Å². The van der Waals surface area contributed by atoms with Crippen molar-refractivity contribution in [3.8, 4) is 5.75 Å². The third-order valence-electron chi connectivity index (χ3n) is 3.72. The summed E-state index contributed by atoms with van der Waals surface area (Å²) in [6.45, 7) is 2.51. The zero-order valence-corrected chi connectivity index (χ0v) is 16.4. The Morgan fingerprint density at radius 1 is 1.30 bits per heavy atom. The molecule has 1 N–H and O–H groups in total. The molecule has 0 aliphatic carbocycles. The van der Waals surface area contributed by atoms with Gasteiger partial charge in [-0.25, -0.2) is 5.43 Å². The summed E-state index contributed by atoms with van der Waals surface area (Å²) >= 11 is 3.48. The van der Waals surface area contributed by atoms with Crippen LogP contribution in [-0.4, -0.2) is 23.7 Å². The number of hydrogen-bond acceptors (Lipinski definition) is 5. The first kappa shape index (κ1) is 20.6. The van der Waals surface area contributed by atoms with Crippen molar-refractivity contribution < 1.29 is 14.5 Å². The van der Waals surface area contributed by atoms with E-state index in [4.69, 9.17) is 4.74 Å². The van der Waals surface area contributed by atoms with E-state index in [0.717, 1.165) is 16.6 Å². The van der Waals surface area contributed by atoms with Crippen LogP contribution in [0, 0.1) is 10.1 Å². The summed E-state index contributed by atoms with van der Waals surface area (Å²) < 4.78 is 6.57. The van der Waals surface area contributed by atoms with Crippen LogP contribution in [0.4, 0.5) is 5.69 Å². The molecule has 1 amide bonds. The van der Waals surface area contributed by atoms with Gasteiger partial charge in [0, 0.05) is 18.6 Å². The first-order valence-corrected chi connectivity index (χ1v) is 9.26. The molecular weight excluding hydrogens is 414 g/mol. The molecule has 0 aromatic heterocycles. The van der Waals surface area contributed by atoms with Crippen molar-refractivity contribution in [3.63, 3.8) is 0 Å². The number of halogens is 1. The molecule has 2 aromatic rings. The average molecular weight is 434 g/mol. The maximum absolute atomic E-state index is 11.8. The molecule has 142 valence electrons. The smallest absolute Gasteiger partial charge is 0.269 e. The highest BCUT2D eigenvalue weighted by atomic mass is 79.9. The highest BCUT2D eigenvalue weighted by Crippen LogP contribution is 2.26. The summed E-state index contributed by atoms with van der Waals surface area (Å²) in [5.41, 5.74) is 4.31. The number of nitro groups is 1. The van der Waals surface area contributed by atoms with E-state index in [1.807, 2.05) is 18.2 Å². The lowest BCUT2D eigenvalue weighted by atomic mass is 10.2. The Morgan fingerprint density at radius 3 is 2.67 bits per heavy atom. The molecule has 0 spiro atoms. The fraction of sp³-hybridized carbons (Fsp3) is 0.263. The Kier molecular flexibility index (Phi) is 7.94. The molecule has 0 aliphatic heterocycles. The number of hydrogen-bond donors (Lipinski definition) is 1. The maximum Gasteiger partial charge on any atom is 0.269 e. The molecule has 0 saturated heterocycles. The van der Waals surface area contributed by atoms with Crippen molar-refractivity contribution in [2.45, 2.75) is 26.2 Å². The Bertz CT molecular complexity index is 822. The Morgan fingerprint density at radius 2 is 2.04 bits per heavy atom. The first-order valence-electron chi connectivity index (χ1n) is 8.47. The molecule has 7 nitrogen and oxygen atoms in total. The highest BCUT2D eigenvalue weighted by Gasteiger charge is 2.05. The Hall–Kier alpha value is -2.74. The molecule has 0 unspecified atom stereocenters. The average Bonchev–Trinajstić information content (AvgIpc) is 2.66. The van der Waals surface area contributed by atoms with Gasteiger partial charge < -0.3 is 4.74 Å². The fourth-order valence-corrected chi connectivity index (χ4v) is 2.75. The number of rotatable bonds is 9. The summed E-state index contributed by atoms with van der Waals surface area (Å²) in [4.78, 5) is 21.9. The molecule has 0 heterocycles. The van der Waals surface area contributed by atoms with Gasteiger partial charge in [-0.05, 0) is 64.2 Å². The van der Waals surface area contributed by atoms with Crippen molar-refractivity contribution in [1.29, 1.82) is 0 Å². The van der Waals surface area contributed by atoms with Crippen molar-refractivity contribution >= 4 is 33.7 Å². The third-order valence-corrected chi connectivity index (χ3v) is 4.34. The standard InChI is InChI=1S/C19H20BrN3O4/c1-2-14-7-10-18(17(20)12-14)27-11-3-4-19(24)22-21-13-15-5-8-16(9-6-15)23(25)26/h5-10,12-13H,2-4,11H2,1H3,(H,22,24)/b21-13+. The van der Waals surface area contributed by atoms with Gasteiger partial charge in [0.25, 0.3) is 5.69 Å². The van der Waals surface area contributed by atoms with Crippen LogP contribution in [0.5, 0.6) is 5.75 Å². The predicted octanol–water partition coefficient (Wildman–Crippen LogP) is 4.23. The lowest BCUT2D eigenvalue weighted by Gasteiger charge is -2.09. The summed E-state index contributed by atoms with van der Waals surface area (Å²) in [5, 5.41) is 14.4.